The summed E-state index contributed by atoms with van der Waals surface area (Å²) in [7, 11) is 1.70. The maximum Gasteiger partial charge on any atom is 0.125 e. The Morgan fingerprint density at radius 3 is 2.54 bits per heavy atom. The molecule has 1 fully saturated rings. The maximum atomic E-state index is 13.6. The van der Waals surface area contributed by atoms with Gasteiger partial charge in [0.1, 0.15) is 11.6 Å². The van der Waals surface area contributed by atoms with E-state index in [0.29, 0.717) is 6.04 Å². The van der Waals surface area contributed by atoms with Crippen molar-refractivity contribution in [1.29, 1.82) is 0 Å². The molecule has 3 nitrogen and oxygen atoms in total. The van der Waals surface area contributed by atoms with Gasteiger partial charge < -0.3 is 14.5 Å². The third kappa shape index (κ3) is 3.70. The summed E-state index contributed by atoms with van der Waals surface area (Å²) in [6, 6.07) is 14.2. The third-order valence-corrected chi connectivity index (χ3v) is 5.85. The fraction of sp³-hybridized carbons (Fsp3) is 0.455. The summed E-state index contributed by atoms with van der Waals surface area (Å²) in [5.74, 6) is 0.796. The number of rotatable bonds is 5. The van der Waals surface area contributed by atoms with Gasteiger partial charge in [0, 0.05) is 37.9 Å². The van der Waals surface area contributed by atoms with Crippen molar-refractivity contribution in [3.05, 3.63) is 59.4 Å². The maximum absolute atomic E-state index is 13.6. The normalized spacial score (nSPS) is 18.2. The van der Waals surface area contributed by atoms with Gasteiger partial charge in [0.05, 0.1) is 7.11 Å². The van der Waals surface area contributed by atoms with Gasteiger partial charge in [-0.3, -0.25) is 0 Å². The molecule has 4 heteroatoms. The fourth-order valence-electron chi connectivity index (χ4n) is 4.29. The molecule has 0 N–H and O–H groups in total. The number of ether oxygens (including phenoxy) is 1. The number of methoxy groups -OCH3 is 1. The molecule has 2 aromatic rings. The van der Waals surface area contributed by atoms with Crippen LogP contribution in [0.25, 0.3) is 0 Å². The second-order valence-electron chi connectivity index (χ2n) is 7.39. The summed E-state index contributed by atoms with van der Waals surface area (Å²) in [6.45, 7) is 4.39. The van der Waals surface area contributed by atoms with E-state index in [2.05, 4.69) is 21.9 Å². The van der Waals surface area contributed by atoms with Crippen LogP contribution in [0.4, 0.5) is 10.1 Å². The highest BCUT2D eigenvalue weighted by atomic mass is 19.1. The van der Waals surface area contributed by atoms with E-state index in [-0.39, 0.29) is 5.82 Å². The lowest BCUT2D eigenvalue weighted by Crippen LogP contribution is -2.45. The standard InChI is InChI=1S/C22H27FN2O/c1-26-21-6-2-17(3-7-21)8-12-24-13-10-20(11-14-24)25-15-9-18-4-5-19(23)16-22(18)25/h2-7,16,20H,8-15H2,1H3. The fourth-order valence-corrected chi connectivity index (χ4v) is 4.29. The average Bonchev–Trinajstić information content (AvgIpc) is 3.10. The highest BCUT2D eigenvalue weighted by Gasteiger charge is 2.29. The number of nitrogens with zero attached hydrogens (tertiary/aromatic N) is 2. The predicted molar refractivity (Wildman–Crippen MR) is 104 cm³/mol. The number of hydrogen-bond donors (Lipinski definition) is 0. The Kier molecular flexibility index (Phi) is 5.11. The van der Waals surface area contributed by atoms with E-state index >= 15 is 0 Å². The number of fused-ring (bicyclic) bond motifs is 1. The highest BCUT2D eigenvalue weighted by Crippen LogP contribution is 2.33. The molecule has 0 aliphatic carbocycles. The number of halogens is 1. The summed E-state index contributed by atoms with van der Waals surface area (Å²) in [5, 5.41) is 0. The molecule has 26 heavy (non-hydrogen) atoms. The summed E-state index contributed by atoms with van der Waals surface area (Å²) in [4.78, 5) is 5.00. The molecule has 2 aliphatic heterocycles. The molecule has 2 aliphatic rings. The van der Waals surface area contributed by atoms with Crippen LogP contribution in [0.5, 0.6) is 5.75 Å². The minimum atomic E-state index is -0.118. The first kappa shape index (κ1) is 17.3. The molecule has 0 radical (unpaired) electrons. The van der Waals surface area contributed by atoms with E-state index in [9.17, 15) is 4.39 Å². The SMILES string of the molecule is COc1ccc(CCN2CCC(N3CCc4ccc(F)cc43)CC2)cc1. The summed E-state index contributed by atoms with van der Waals surface area (Å²) < 4.78 is 18.8. The number of hydrogen-bond acceptors (Lipinski definition) is 3. The van der Waals surface area contributed by atoms with Gasteiger partial charge >= 0.3 is 0 Å². The number of likely N-dealkylation sites (tertiary alicyclic amines) is 1. The van der Waals surface area contributed by atoms with Gasteiger partial charge in [-0.1, -0.05) is 18.2 Å². The van der Waals surface area contributed by atoms with Crippen LogP contribution in [-0.2, 0) is 12.8 Å². The molecule has 0 bridgehead atoms. The lowest BCUT2D eigenvalue weighted by molar-refractivity contribution is 0.212. The first-order valence-electron chi connectivity index (χ1n) is 9.63. The molecule has 0 unspecified atom stereocenters. The molecule has 138 valence electrons. The van der Waals surface area contributed by atoms with E-state index in [1.807, 2.05) is 18.2 Å². The van der Waals surface area contributed by atoms with Crippen LogP contribution in [0.1, 0.15) is 24.0 Å². The van der Waals surface area contributed by atoms with Crippen molar-refractivity contribution < 1.29 is 9.13 Å². The van der Waals surface area contributed by atoms with Crippen LogP contribution in [0.15, 0.2) is 42.5 Å². The monoisotopic (exact) mass is 354 g/mol. The molecule has 0 atom stereocenters. The predicted octanol–water partition coefficient (Wildman–Crippen LogP) is 3.90. The lowest BCUT2D eigenvalue weighted by atomic mass is 10.0. The Hall–Kier alpha value is -2.07. The van der Waals surface area contributed by atoms with Gasteiger partial charge in [-0.05, 0) is 61.1 Å². The second-order valence-corrected chi connectivity index (χ2v) is 7.39. The molecular formula is C22H27FN2O. The van der Waals surface area contributed by atoms with Gasteiger partial charge in [-0.2, -0.15) is 0 Å². The van der Waals surface area contributed by atoms with E-state index in [4.69, 9.17) is 4.74 Å². The van der Waals surface area contributed by atoms with Crippen LogP contribution < -0.4 is 9.64 Å². The molecule has 4 rings (SSSR count). The third-order valence-electron chi connectivity index (χ3n) is 5.85. The van der Waals surface area contributed by atoms with Crippen molar-refractivity contribution in [3.63, 3.8) is 0 Å². The molecule has 0 saturated carbocycles. The molecule has 2 heterocycles. The smallest absolute Gasteiger partial charge is 0.125 e. The Labute approximate surface area is 155 Å². The first-order chi connectivity index (χ1) is 12.7. The van der Waals surface area contributed by atoms with Crippen LogP contribution in [0.3, 0.4) is 0 Å². The zero-order valence-corrected chi connectivity index (χ0v) is 15.5. The first-order valence-corrected chi connectivity index (χ1v) is 9.63. The summed E-state index contributed by atoms with van der Waals surface area (Å²) in [5.41, 5.74) is 3.78. The molecular weight excluding hydrogens is 327 g/mol. The topological polar surface area (TPSA) is 15.7 Å². The minimum Gasteiger partial charge on any atom is -0.497 e. The summed E-state index contributed by atoms with van der Waals surface area (Å²) in [6.07, 6.45) is 4.46. The molecule has 2 aromatic carbocycles. The van der Waals surface area contributed by atoms with E-state index in [0.717, 1.165) is 50.5 Å². The quantitative estimate of drug-likeness (QED) is 0.810. The van der Waals surface area contributed by atoms with Crippen molar-refractivity contribution in [2.75, 3.05) is 38.2 Å². The average molecular weight is 354 g/mol. The van der Waals surface area contributed by atoms with Crippen LogP contribution in [0.2, 0.25) is 0 Å². The van der Waals surface area contributed by atoms with Crippen molar-refractivity contribution >= 4 is 5.69 Å². The van der Waals surface area contributed by atoms with E-state index in [1.54, 1.807) is 19.2 Å². The lowest BCUT2D eigenvalue weighted by Gasteiger charge is -2.38. The van der Waals surface area contributed by atoms with Crippen molar-refractivity contribution in [1.82, 2.24) is 4.90 Å². The van der Waals surface area contributed by atoms with Crippen LogP contribution >= 0.6 is 0 Å². The van der Waals surface area contributed by atoms with E-state index in [1.165, 1.54) is 24.0 Å². The second kappa shape index (κ2) is 7.67. The van der Waals surface area contributed by atoms with Crippen LogP contribution in [0, 0.1) is 5.82 Å². The van der Waals surface area contributed by atoms with Crippen LogP contribution in [-0.4, -0.2) is 44.2 Å². The summed E-state index contributed by atoms with van der Waals surface area (Å²) >= 11 is 0. The van der Waals surface area contributed by atoms with Crippen molar-refractivity contribution in [2.24, 2.45) is 0 Å². The molecule has 0 aromatic heterocycles. The largest absolute Gasteiger partial charge is 0.497 e. The van der Waals surface area contributed by atoms with Gasteiger partial charge in [0.25, 0.3) is 0 Å². The molecule has 0 spiro atoms. The Bertz CT molecular complexity index is 738. The van der Waals surface area contributed by atoms with Crippen molar-refractivity contribution in [3.8, 4) is 5.75 Å². The van der Waals surface area contributed by atoms with Crippen molar-refractivity contribution in [2.45, 2.75) is 31.7 Å². The number of benzene rings is 2. The Balaban J connectivity index is 1.29. The Morgan fingerprint density at radius 1 is 1.04 bits per heavy atom. The number of piperidine rings is 1. The van der Waals surface area contributed by atoms with Gasteiger partial charge in [0.2, 0.25) is 0 Å². The number of anilines is 1. The minimum absolute atomic E-state index is 0.118. The van der Waals surface area contributed by atoms with Gasteiger partial charge in [-0.15, -0.1) is 0 Å². The van der Waals surface area contributed by atoms with E-state index < -0.39 is 0 Å². The Morgan fingerprint density at radius 2 is 1.81 bits per heavy atom. The zero-order valence-electron chi connectivity index (χ0n) is 15.5. The molecule has 0 amide bonds. The zero-order chi connectivity index (χ0) is 17.9. The molecule has 1 saturated heterocycles. The van der Waals surface area contributed by atoms with Gasteiger partial charge in [-0.25, -0.2) is 4.39 Å². The highest BCUT2D eigenvalue weighted by molar-refractivity contribution is 5.59. The van der Waals surface area contributed by atoms with Gasteiger partial charge in [0.15, 0.2) is 0 Å².